The van der Waals surface area contributed by atoms with E-state index in [1.54, 1.807) is 11.1 Å². The Balaban J connectivity index is 1.59. The number of hydrogen-bond acceptors (Lipinski definition) is 3. The number of rotatable bonds is 2. The number of hydrogen-bond donors (Lipinski definition) is 0. The second-order valence-electron chi connectivity index (χ2n) is 15.0. The Bertz CT molecular complexity index is 1020. The van der Waals surface area contributed by atoms with Crippen LogP contribution in [0.25, 0.3) is 0 Å². The molecule has 5 aliphatic rings. The van der Waals surface area contributed by atoms with Crippen LogP contribution in [0.5, 0.6) is 0 Å². The smallest absolute Gasteiger partial charge is 0.302 e. The molecule has 0 N–H and O–H groups in total. The number of esters is 1. The third-order valence-electron chi connectivity index (χ3n) is 12.7. The van der Waals surface area contributed by atoms with E-state index in [-0.39, 0.29) is 38.5 Å². The van der Waals surface area contributed by atoms with E-state index in [9.17, 15) is 9.59 Å². The molecule has 3 nitrogen and oxygen atoms in total. The second-order valence-corrected chi connectivity index (χ2v) is 15.0. The molecule has 3 fully saturated rings. The Morgan fingerprint density at radius 3 is 2.34 bits per heavy atom. The monoisotopic (exact) mass is 480 g/mol. The molecule has 5 rings (SSSR count). The third kappa shape index (κ3) is 3.35. The maximum absolute atomic E-state index is 12.9. The van der Waals surface area contributed by atoms with Gasteiger partial charge in [-0.3, -0.25) is 9.59 Å². The van der Waals surface area contributed by atoms with Gasteiger partial charge in [0.05, 0.1) is 6.61 Å². The van der Waals surface area contributed by atoms with Crippen molar-refractivity contribution in [1.82, 2.24) is 0 Å². The molecular weight excluding hydrogens is 432 g/mol. The largest absolute Gasteiger partial charge is 0.465 e. The minimum Gasteiger partial charge on any atom is -0.465 e. The predicted molar refractivity (Wildman–Crippen MR) is 141 cm³/mol. The molecule has 35 heavy (non-hydrogen) atoms. The molecule has 0 aromatic rings. The lowest BCUT2D eigenvalue weighted by molar-refractivity contribution is -0.167. The van der Waals surface area contributed by atoms with Crippen LogP contribution in [-0.2, 0) is 14.3 Å². The molecular formula is C32H48O3. The van der Waals surface area contributed by atoms with Crippen molar-refractivity contribution in [3.05, 3.63) is 23.3 Å². The van der Waals surface area contributed by atoms with Gasteiger partial charge in [0.1, 0.15) is 5.78 Å². The Morgan fingerprint density at radius 1 is 0.971 bits per heavy atom. The fourth-order valence-corrected chi connectivity index (χ4v) is 9.96. The highest BCUT2D eigenvalue weighted by Gasteiger charge is 2.66. The van der Waals surface area contributed by atoms with Crippen LogP contribution in [0.15, 0.2) is 23.3 Å². The summed E-state index contributed by atoms with van der Waals surface area (Å²) in [4.78, 5) is 24.5. The Hall–Kier alpha value is -1.38. The molecule has 3 saturated carbocycles. The first-order valence-corrected chi connectivity index (χ1v) is 14.2. The topological polar surface area (TPSA) is 43.4 Å². The summed E-state index contributed by atoms with van der Waals surface area (Å²) in [5.74, 6) is 1.28. The predicted octanol–water partition coefficient (Wildman–Crippen LogP) is 7.84. The fourth-order valence-electron chi connectivity index (χ4n) is 9.96. The number of ketones is 1. The summed E-state index contributed by atoms with van der Waals surface area (Å²) >= 11 is 0. The lowest BCUT2D eigenvalue weighted by Crippen LogP contribution is -2.62. The van der Waals surface area contributed by atoms with Crippen molar-refractivity contribution >= 4 is 11.8 Å². The molecule has 0 aromatic heterocycles. The minimum absolute atomic E-state index is 0.0226. The molecule has 0 saturated heterocycles. The van der Waals surface area contributed by atoms with E-state index in [2.05, 4.69) is 60.6 Å². The van der Waals surface area contributed by atoms with Gasteiger partial charge in [-0.1, -0.05) is 66.2 Å². The first-order valence-electron chi connectivity index (χ1n) is 14.2. The number of allylic oxidation sites excluding steroid dienone is 4. The maximum atomic E-state index is 12.9. The van der Waals surface area contributed by atoms with Gasteiger partial charge in [-0.05, 0) is 90.4 Å². The number of carbonyl (C=O) groups is 2. The lowest BCUT2D eigenvalue weighted by atomic mass is 9.35. The molecule has 0 heterocycles. The van der Waals surface area contributed by atoms with Gasteiger partial charge < -0.3 is 4.74 Å². The fraction of sp³-hybridized carbons (Fsp3) is 0.812. The zero-order chi connectivity index (χ0) is 25.7. The van der Waals surface area contributed by atoms with Gasteiger partial charge in [0.15, 0.2) is 0 Å². The zero-order valence-electron chi connectivity index (χ0n) is 23.6. The van der Waals surface area contributed by atoms with Crippen LogP contribution in [0, 0.1) is 44.3 Å². The number of Topliss-reactive ketones (excluding diaryl/α,β-unsaturated/α-hetero) is 1. The van der Waals surface area contributed by atoms with E-state index in [4.69, 9.17) is 4.74 Å². The van der Waals surface area contributed by atoms with Gasteiger partial charge in [0.2, 0.25) is 0 Å². The lowest BCUT2D eigenvalue weighted by Gasteiger charge is -2.68. The van der Waals surface area contributed by atoms with Crippen molar-refractivity contribution in [2.24, 2.45) is 44.3 Å². The summed E-state index contributed by atoms with van der Waals surface area (Å²) in [5, 5.41) is 0. The first-order chi connectivity index (χ1) is 16.1. The van der Waals surface area contributed by atoms with Gasteiger partial charge in [-0.15, -0.1) is 0 Å². The molecule has 7 atom stereocenters. The Kier molecular flexibility index (Phi) is 5.47. The highest BCUT2D eigenvalue weighted by molar-refractivity contribution is 5.85. The SMILES string of the molecule is CC(=O)OC[C@@]1(C)CC[C@]2(C)CC[C@]3(C)C(=C2C1)C=C[C@@H]1[C@@]2(C)CCC(=O)C(C)(C)[C@@H]2CC[C@]13C. The van der Waals surface area contributed by atoms with E-state index in [0.717, 1.165) is 32.1 Å². The summed E-state index contributed by atoms with van der Waals surface area (Å²) in [6.07, 6.45) is 15.1. The highest BCUT2D eigenvalue weighted by atomic mass is 16.5. The van der Waals surface area contributed by atoms with E-state index >= 15 is 0 Å². The molecule has 0 bridgehead atoms. The van der Waals surface area contributed by atoms with Gasteiger partial charge in [-0.25, -0.2) is 0 Å². The molecule has 0 unspecified atom stereocenters. The van der Waals surface area contributed by atoms with E-state index in [0.29, 0.717) is 24.2 Å². The maximum Gasteiger partial charge on any atom is 0.302 e. The van der Waals surface area contributed by atoms with Crippen LogP contribution in [0.2, 0.25) is 0 Å². The zero-order valence-corrected chi connectivity index (χ0v) is 23.6. The van der Waals surface area contributed by atoms with Crippen molar-refractivity contribution < 1.29 is 14.3 Å². The average molecular weight is 481 g/mol. The van der Waals surface area contributed by atoms with Gasteiger partial charge in [-0.2, -0.15) is 0 Å². The molecule has 3 heteroatoms. The van der Waals surface area contributed by atoms with Gasteiger partial charge in [0.25, 0.3) is 0 Å². The quantitative estimate of drug-likeness (QED) is 0.378. The summed E-state index contributed by atoms with van der Waals surface area (Å²) in [7, 11) is 0. The molecule has 5 aliphatic carbocycles. The number of fused-ring (bicyclic) bond motifs is 6. The van der Waals surface area contributed by atoms with Crippen molar-refractivity contribution in [2.75, 3.05) is 6.61 Å². The molecule has 194 valence electrons. The van der Waals surface area contributed by atoms with Crippen molar-refractivity contribution in [3.63, 3.8) is 0 Å². The van der Waals surface area contributed by atoms with Crippen LogP contribution >= 0.6 is 0 Å². The van der Waals surface area contributed by atoms with Crippen LogP contribution in [0.1, 0.15) is 113 Å². The number of ether oxygens (including phenoxy) is 1. The van der Waals surface area contributed by atoms with Crippen molar-refractivity contribution in [2.45, 2.75) is 113 Å². The highest BCUT2D eigenvalue weighted by Crippen LogP contribution is 2.73. The first kappa shape index (κ1) is 25.3. The average Bonchev–Trinajstić information content (AvgIpc) is 2.77. The van der Waals surface area contributed by atoms with Gasteiger partial charge >= 0.3 is 5.97 Å². The third-order valence-corrected chi connectivity index (χ3v) is 12.7. The summed E-state index contributed by atoms with van der Waals surface area (Å²) < 4.78 is 5.56. The molecule has 0 aromatic carbocycles. The molecule has 0 spiro atoms. The van der Waals surface area contributed by atoms with E-state index < -0.39 is 0 Å². The normalized spacial score (nSPS) is 48.4. The molecule has 0 amide bonds. The van der Waals surface area contributed by atoms with Crippen LogP contribution in [0.3, 0.4) is 0 Å². The summed E-state index contributed by atoms with van der Waals surface area (Å²) in [6.45, 7) is 19.0. The number of carbonyl (C=O) groups excluding carboxylic acids is 2. The van der Waals surface area contributed by atoms with Crippen LogP contribution < -0.4 is 0 Å². The Labute approximate surface area is 213 Å². The second kappa shape index (κ2) is 7.57. The molecule has 0 aliphatic heterocycles. The summed E-state index contributed by atoms with van der Waals surface area (Å²) in [6, 6.07) is 0. The van der Waals surface area contributed by atoms with Crippen LogP contribution in [-0.4, -0.2) is 18.4 Å². The minimum atomic E-state index is -0.213. The van der Waals surface area contributed by atoms with E-state index in [1.807, 2.05) is 0 Å². The molecule has 0 radical (unpaired) electrons. The van der Waals surface area contributed by atoms with E-state index in [1.165, 1.54) is 32.6 Å². The summed E-state index contributed by atoms with van der Waals surface area (Å²) in [5.41, 5.74) is 3.86. The van der Waals surface area contributed by atoms with Crippen molar-refractivity contribution in [3.8, 4) is 0 Å². The Morgan fingerprint density at radius 2 is 1.66 bits per heavy atom. The standard InChI is InChI=1S/C32H48O3/c1-21(33)35-20-28(4)15-16-29(5)17-18-31(7)22(23(29)19-28)9-10-25-30(6)13-12-26(34)27(2,3)24(30)11-14-32(25,31)8/h9-10,24-25H,11-20H2,1-8H3/t24-,25+,28-,29+,30-,31+,32+/m0/s1. The van der Waals surface area contributed by atoms with Gasteiger partial charge in [0, 0.05) is 24.2 Å². The van der Waals surface area contributed by atoms with Crippen LogP contribution in [0.4, 0.5) is 0 Å². The van der Waals surface area contributed by atoms with Crippen molar-refractivity contribution in [1.29, 1.82) is 0 Å².